The van der Waals surface area contributed by atoms with Crippen LogP contribution in [0.1, 0.15) is 72.6 Å². The van der Waals surface area contributed by atoms with Crippen LogP contribution < -0.4 is 0 Å². The van der Waals surface area contributed by atoms with Gasteiger partial charge >= 0.3 is 0 Å². The van der Waals surface area contributed by atoms with E-state index < -0.39 is 0 Å². The van der Waals surface area contributed by atoms with Crippen LogP contribution in [0.25, 0.3) is 0 Å². The smallest absolute Gasteiger partial charge is 0.0940 e. The highest BCUT2D eigenvalue weighted by atomic mass is 16.5. The van der Waals surface area contributed by atoms with Crippen molar-refractivity contribution < 1.29 is 9.84 Å². The van der Waals surface area contributed by atoms with E-state index >= 15 is 0 Å². The van der Waals surface area contributed by atoms with E-state index in [1.165, 1.54) is 19.3 Å². The highest BCUT2D eigenvalue weighted by Gasteiger charge is 2.40. The third kappa shape index (κ3) is 4.55. The van der Waals surface area contributed by atoms with E-state index in [0.717, 1.165) is 44.1 Å². The van der Waals surface area contributed by atoms with E-state index in [9.17, 15) is 5.11 Å². The molecule has 2 heteroatoms. The van der Waals surface area contributed by atoms with Gasteiger partial charge in [-0.05, 0) is 50.9 Å². The van der Waals surface area contributed by atoms with Crippen molar-refractivity contribution in [3.05, 3.63) is 0 Å². The molecule has 0 aromatic heterocycles. The van der Waals surface area contributed by atoms with Gasteiger partial charge in [0, 0.05) is 6.61 Å². The monoisotopic (exact) mass is 256 g/mol. The average Bonchev–Trinajstić information content (AvgIpc) is 2.32. The quantitative estimate of drug-likeness (QED) is 0.741. The summed E-state index contributed by atoms with van der Waals surface area (Å²) in [5.74, 6) is 1.52. The number of hydrogen-bond acceptors (Lipinski definition) is 2. The summed E-state index contributed by atoms with van der Waals surface area (Å²) in [6.45, 7) is 9.55. The highest BCUT2D eigenvalue weighted by molar-refractivity contribution is 4.92. The van der Waals surface area contributed by atoms with Gasteiger partial charge < -0.3 is 9.84 Å². The molecular formula is C16H32O2. The lowest BCUT2D eigenvalue weighted by Crippen LogP contribution is -2.47. The number of aliphatic hydroxyl groups excluding tert-OH is 1. The maximum absolute atomic E-state index is 10.5. The Labute approximate surface area is 113 Å². The predicted octanol–water partition coefficient (Wildman–Crippen LogP) is 4.16. The maximum atomic E-state index is 10.5. The molecular weight excluding hydrogens is 224 g/mol. The van der Waals surface area contributed by atoms with Gasteiger partial charge in [0.1, 0.15) is 0 Å². The number of ether oxygens (including phenoxy) is 1. The first-order valence-corrected chi connectivity index (χ1v) is 7.82. The van der Waals surface area contributed by atoms with Crippen molar-refractivity contribution >= 4 is 0 Å². The molecule has 1 aliphatic carbocycles. The SMILES string of the molecule is CCOC1(C(O)CCCC(C)C)CCC(C)CC1. The lowest BCUT2D eigenvalue weighted by atomic mass is 9.75. The molecule has 1 aliphatic rings. The van der Waals surface area contributed by atoms with Crippen molar-refractivity contribution in [2.24, 2.45) is 11.8 Å². The minimum Gasteiger partial charge on any atom is -0.390 e. The fourth-order valence-electron chi connectivity index (χ4n) is 3.09. The van der Waals surface area contributed by atoms with Gasteiger partial charge in [-0.3, -0.25) is 0 Å². The van der Waals surface area contributed by atoms with Gasteiger partial charge in [0.2, 0.25) is 0 Å². The second-order valence-electron chi connectivity index (χ2n) is 6.52. The molecule has 0 bridgehead atoms. The van der Waals surface area contributed by atoms with Crippen molar-refractivity contribution in [1.82, 2.24) is 0 Å². The van der Waals surface area contributed by atoms with Crippen LogP contribution in [0.5, 0.6) is 0 Å². The topological polar surface area (TPSA) is 29.5 Å². The molecule has 0 aromatic rings. The molecule has 18 heavy (non-hydrogen) atoms. The predicted molar refractivity (Wildman–Crippen MR) is 76.7 cm³/mol. The Balaban J connectivity index is 2.49. The summed E-state index contributed by atoms with van der Waals surface area (Å²) >= 11 is 0. The van der Waals surface area contributed by atoms with Crippen LogP contribution in [0, 0.1) is 11.8 Å². The summed E-state index contributed by atoms with van der Waals surface area (Å²) < 4.78 is 5.99. The summed E-state index contributed by atoms with van der Waals surface area (Å²) in [6.07, 6.45) is 7.40. The van der Waals surface area contributed by atoms with Crippen LogP contribution in [0.2, 0.25) is 0 Å². The van der Waals surface area contributed by atoms with Crippen LogP contribution in [0.4, 0.5) is 0 Å². The second kappa shape index (κ2) is 7.49. The van der Waals surface area contributed by atoms with Crippen molar-refractivity contribution in [1.29, 1.82) is 0 Å². The molecule has 0 heterocycles. The summed E-state index contributed by atoms with van der Waals surface area (Å²) in [6, 6.07) is 0. The summed E-state index contributed by atoms with van der Waals surface area (Å²) in [7, 11) is 0. The zero-order chi connectivity index (χ0) is 13.6. The first kappa shape index (κ1) is 16.0. The normalized spacial score (nSPS) is 30.7. The fourth-order valence-corrected chi connectivity index (χ4v) is 3.09. The van der Waals surface area contributed by atoms with Crippen LogP contribution in [0.3, 0.4) is 0 Å². The number of aliphatic hydroxyl groups is 1. The molecule has 0 aromatic carbocycles. The van der Waals surface area contributed by atoms with Gasteiger partial charge in [-0.2, -0.15) is 0 Å². The van der Waals surface area contributed by atoms with E-state index in [-0.39, 0.29) is 11.7 Å². The third-order valence-corrected chi connectivity index (χ3v) is 4.42. The molecule has 1 rings (SSSR count). The summed E-state index contributed by atoms with van der Waals surface area (Å²) in [4.78, 5) is 0. The minimum absolute atomic E-state index is 0.238. The van der Waals surface area contributed by atoms with E-state index in [1.54, 1.807) is 0 Å². The fraction of sp³-hybridized carbons (Fsp3) is 1.00. The molecule has 1 fully saturated rings. The molecule has 0 aliphatic heterocycles. The standard InChI is InChI=1S/C16H32O2/c1-5-18-16(11-9-14(4)10-12-16)15(17)8-6-7-13(2)3/h13-15,17H,5-12H2,1-4H3. The molecule has 0 saturated heterocycles. The third-order valence-electron chi connectivity index (χ3n) is 4.42. The Morgan fingerprint density at radius 3 is 2.33 bits per heavy atom. The molecule has 2 nitrogen and oxygen atoms in total. The molecule has 0 radical (unpaired) electrons. The average molecular weight is 256 g/mol. The Hall–Kier alpha value is -0.0800. The maximum Gasteiger partial charge on any atom is 0.0940 e. The van der Waals surface area contributed by atoms with Crippen LogP contribution in [0.15, 0.2) is 0 Å². The van der Waals surface area contributed by atoms with Crippen LogP contribution in [-0.2, 0) is 4.74 Å². The van der Waals surface area contributed by atoms with Crippen molar-refractivity contribution in [2.45, 2.75) is 84.3 Å². The minimum atomic E-state index is -0.274. The molecule has 0 amide bonds. The molecule has 1 N–H and O–H groups in total. The first-order chi connectivity index (χ1) is 8.50. The first-order valence-electron chi connectivity index (χ1n) is 7.82. The van der Waals surface area contributed by atoms with Gasteiger partial charge in [-0.25, -0.2) is 0 Å². The molecule has 1 atom stereocenters. The largest absolute Gasteiger partial charge is 0.390 e. The van der Waals surface area contributed by atoms with Gasteiger partial charge in [0.05, 0.1) is 11.7 Å². The van der Waals surface area contributed by atoms with Gasteiger partial charge in [0.15, 0.2) is 0 Å². The van der Waals surface area contributed by atoms with E-state index in [1.807, 2.05) is 6.92 Å². The zero-order valence-corrected chi connectivity index (χ0v) is 12.7. The second-order valence-corrected chi connectivity index (χ2v) is 6.52. The molecule has 108 valence electrons. The van der Waals surface area contributed by atoms with Crippen LogP contribution >= 0.6 is 0 Å². The van der Waals surface area contributed by atoms with Gasteiger partial charge in [-0.1, -0.05) is 33.6 Å². The number of rotatable bonds is 7. The highest BCUT2D eigenvalue weighted by Crippen LogP contribution is 2.38. The Kier molecular flexibility index (Phi) is 6.65. The van der Waals surface area contributed by atoms with Crippen molar-refractivity contribution in [3.63, 3.8) is 0 Å². The lowest BCUT2D eigenvalue weighted by Gasteiger charge is -2.42. The van der Waals surface area contributed by atoms with Gasteiger partial charge in [-0.15, -0.1) is 0 Å². The Bertz CT molecular complexity index is 217. The van der Waals surface area contributed by atoms with Crippen LogP contribution in [-0.4, -0.2) is 23.4 Å². The van der Waals surface area contributed by atoms with E-state index in [2.05, 4.69) is 20.8 Å². The van der Waals surface area contributed by atoms with Crippen molar-refractivity contribution in [2.75, 3.05) is 6.61 Å². The van der Waals surface area contributed by atoms with Crippen molar-refractivity contribution in [3.8, 4) is 0 Å². The Morgan fingerprint density at radius 2 is 1.83 bits per heavy atom. The van der Waals surface area contributed by atoms with Gasteiger partial charge in [0.25, 0.3) is 0 Å². The molecule has 1 saturated carbocycles. The Morgan fingerprint density at radius 1 is 1.22 bits per heavy atom. The molecule has 0 spiro atoms. The van der Waals surface area contributed by atoms with E-state index in [4.69, 9.17) is 4.74 Å². The lowest BCUT2D eigenvalue weighted by molar-refractivity contribution is -0.146. The zero-order valence-electron chi connectivity index (χ0n) is 12.7. The number of hydrogen-bond donors (Lipinski definition) is 1. The summed E-state index contributed by atoms with van der Waals surface area (Å²) in [5, 5.41) is 10.5. The summed E-state index contributed by atoms with van der Waals surface area (Å²) in [5.41, 5.74) is -0.238. The molecule has 1 unspecified atom stereocenters. The van der Waals surface area contributed by atoms with E-state index in [0.29, 0.717) is 0 Å².